The normalized spacial score (nSPS) is 11.1. The summed E-state index contributed by atoms with van der Waals surface area (Å²) in [5.41, 5.74) is 3.38. The van der Waals surface area contributed by atoms with Crippen molar-refractivity contribution >= 4 is 17.1 Å². The van der Waals surface area contributed by atoms with E-state index < -0.39 is 0 Å². The van der Waals surface area contributed by atoms with Crippen LogP contribution in [0.2, 0.25) is 0 Å². The van der Waals surface area contributed by atoms with Gasteiger partial charge in [-0.2, -0.15) is 0 Å². The molecule has 134 valence electrons. The first-order valence-corrected chi connectivity index (χ1v) is 8.42. The number of rotatable bonds is 6. The van der Waals surface area contributed by atoms with Crippen molar-refractivity contribution in [1.29, 1.82) is 0 Å². The molecule has 0 amide bonds. The third-order valence-corrected chi connectivity index (χ3v) is 4.77. The number of methoxy groups -OCH3 is 3. The highest BCUT2D eigenvalue weighted by Gasteiger charge is 2.31. The molecular formula is C22H24NO3+. The van der Waals surface area contributed by atoms with Crippen LogP contribution in [0.5, 0.6) is 17.2 Å². The molecular weight excluding hydrogens is 326 g/mol. The Morgan fingerprint density at radius 3 is 0.885 bits per heavy atom. The van der Waals surface area contributed by atoms with E-state index in [1.807, 2.05) is 36.4 Å². The first kappa shape index (κ1) is 17.8. The van der Waals surface area contributed by atoms with Crippen molar-refractivity contribution in [2.75, 3.05) is 28.4 Å². The van der Waals surface area contributed by atoms with Crippen LogP contribution in [0.4, 0.5) is 17.1 Å². The summed E-state index contributed by atoms with van der Waals surface area (Å²) < 4.78 is 16.5. The first-order chi connectivity index (χ1) is 12.6. The molecule has 0 aromatic heterocycles. The Hall–Kier alpha value is -2.98. The lowest BCUT2D eigenvalue weighted by atomic mass is 10.1. The van der Waals surface area contributed by atoms with Gasteiger partial charge in [0.05, 0.1) is 28.4 Å². The number of hydrogen-bond acceptors (Lipinski definition) is 3. The molecule has 3 rings (SSSR count). The summed E-state index contributed by atoms with van der Waals surface area (Å²) in [6.45, 7) is 0. The van der Waals surface area contributed by atoms with Crippen LogP contribution in [0.1, 0.15) is 0 Å². The van der Waals surface area contributed by atoms with Crippen molar-refractivity contribution in [3.8, 4) is 17.2 Å². The van der Waals surface area contributed by atoms with Crippen LogP contribution in [-0.2, 0) is 0 Å². The lowest BCUT2D eigenvalue weighted by Gasteiger charge is -2.33. The highest BCUT2D eigenvalue weighted by molar-refractivity contribution is 5.71. The highest BCUT2D eigenvalue weighted by atomic mass is 16.5. The maximum absolute atomic E-state index is 5.31. The number of quaternary nitrogens is 1. The zero-order valence-corrected chi connectivity index (χ0v) is 15.6. The Labute approximate surface area is 154 Å². The van der Waals surface area contributed by atoms with E-state index in [9.17, 15) is 0 Å². The van der Waals surface area contributed by atoms with Gasteiger partial charge in [-0.3, -0.25) is 0 Å². The molecule has 26 heavy (non-hydrogen) atoms. The van der Waals surface area contributed by atoms with E-state index in [2.05, 4.69) is 43.4 Å². The Kier molecular flexibility index (Phi) is 5.14. The standard InChI is InChI=1S/C22H24NO3/c1-23(17-5-11-20(24-2)12-6-17,18-7-13-21(25-3)14-8-18)19-9-15-22(26-4)16-10-19/h5-16H,1-4H3/q+1. The summed E-state index contributed by atoms with van der Waals surface area (Å²) in [6, 6.07) is 24.5. The fourth-order valence-corrected chi connectivity index (χ4v) is 3.09. The second kappa shape index (κ2) is 7.50. The van der Waals surface area contributed by atoms with E-state index >= 15 is 0 Å². The van der Waals surface area contributed by atoms with Gasteiger partial charge in [0.1, 0.15) is 34.3 Å². The minimum Gasteiger partial charge on any atom is -0.497 e. The molecule has 0 saturated carbocycles. The predicted molar refractivity (Wildman–Crippen MR) is 106 cm³/mol. The summed E-state index contributed by atoms with van der Waals surface area (Å²) in [7, 11) is 7.20. The van der Waals surface area contributed by atoms with Gasteiger partial charge in [0.25, 0.3) is 0 Å². The third kappa shape index (κ3) is 3.24. The van der Waals surface area contributed by atoms with Crippen molar-refractivity contribution in [2.45, 2.75) is 0 Å². The van der Waals surface area contributed by atoms with E-state index in [4.69, 9.17) is 14.2 Å². The third-order valence-electron chi connectivity index (χ3n) is 4.77. The van der Waals surface area contributed by atoms with Gasteiger partial charge in [0.2, 0.25) is 0 Å². The zero-order chi connectivity index (χ0) is 18.6. The maximum atomic E-state index is 5.31. The molecule has 0 unspecified atom stereocenters. The molecule has 0 heterocycles. The van der Waals surface area contributed by atoms with Crippen molar-refractivity contribution in [3.05, 3.63) is 72.8 Å². The minimum absolute atomic E-state index is 0.512. The maximum Gasteiger partial charge on any atom is 0.143 e. The Balaban J connectivity index is 2.15. The van der Waals surface area contributed by atoms with Gasteiger partial charge >= 0.3 is 0 Å². The predicted octanol–water partition coefficient (Wildman–Crippen LogP) is 5.31. The van der Waals surface area contributed by atoms with Gasteiger partial charge in [0, 0.05) is 36.4 Å². The average Bonchev–Trinajstić information content (AvgIpc) is 2.73. The monoisotopic (exact) mass is 350 g/mol. The van der Waals surface area contributed by atoms with Crippen LogP contribution in [0.25, 0.3) is 0 Å². The lowest BCUT2D eigenvalue weighted by molar-refractivity contribution is 0.414. The average molecular weight is 350 g/mol. The van der Waals surface area contributed by atoms with Crippen LogP contribution in [0.3, 0.4) is 0 Å². The van der Waals surface area contributed by atoms with Gasteiger partial charge < -0.3 is 14.2 Å². The first-order valence-electron chi connectivity index (χ1n) is 8.42. The number of hydrogen-bond donors (Lipinski definition) is 0. The topological polar surface area (TPSA) is 27.7 Å². The Morgan fingerprint density at radius 1 is 0.462 bits per heavy atom. The Morgan fingerprint density at radius 2 is 0.692 bits per heavy atom. The number of nitrogens with zero attached hydrogens (tertiary/aromatic N) is 1. The van der Waals surface area contributed by atoms with Gasteiger partial charge in [-0.15, -0.1) is 0 Å². The highest BCUT2D eigenvalue weighted by Crippen LogP contribution is 2.43. The minimum atomic E-state index is 0.512. The molecule has 4 heteroatoms. The van der Waals surface area contributed by atoms with Crippen molar-refractivity contribution in [3.63, 3.8) is 0 Å². The second-order valence-corrected chi connectivity index (χ2v) is 6.10. The molecule has 3 aromatic rings. The fraction of sp³-hybridized carbons (Fsp3) is 0.182. The molecule has 4 nitrogen and oxygen atoms in total. The fourth-order valence-electron chi connectivity index (χ4n) is 3.09. The van der Waals surface area contributed by atoms with E-state index in [-0.39, 0.29) is 0 Å². The van der Waals surface area contributed by atoms with Crippen LogP contribution >= 0.6 is 0 Å². The molecule has 0 aliphatic heterocycles. The summed E-state index contributed by atoms with van der Waals surface area (Å²) in [5.74, 6) is 2.51. The van der Waals surface area contributed by atoms with Crippen molar-refractivity contribution in [1.82, 2.24) is 4.48 Å². The molecule has 0 radical (unpaired) electrons. The quantitative estimate of drug-likeness (QED) is 0.564. The smallest absolute Gasteiger partial charge is 0.143 e. The van der Waals surface area contributed by atoms with Gasteiger partial charge in [-0.1, -0.05) is 0 Å². The summed E-state index contributed by atoms with van der Waals surface area (Å²) in [5, 5.41) is 0. The second-order valence-electron chi connectivity index (χ2n) is 6.10. The van der Waals surface area contributed by atoms with E-state index in [0.29, 0.717) is 4.48 Å². The van der Waals surface area contributed by atoms with Gasteiger partial charge in [-0.05, 0) is 36.4 Å². The van der Waals surface area contributed by atoms with Crippen molar-refractivity contribution < 1.29 is 14.2 Å². The molecule has 0 atom stereocenters. The molecule has 0 N–H and O–H groups in total. The zero-order valence-electron chi connectivity index (χ0n) is 15.6. The largest absolute Gasteiger partial charge is 0.497 e. The lowest BCUT2D eigenvalue weighted by Crippen LogP contribution is -2.33. The SMILES string of the molecule is COc1ccc([N+](C)(c2ccc(OC)cc2)c2ccc(OC)cc2)cc1. The van der Waals surface area contributed by atoms with Crippen molar-refractivity contribution in [2.24, 2.45) is 0 Å². The molecule has 0 spiro atoms. The number of benzene rings is 3. The summed E-state index contributed by atoms with van der Waals surface area (Å²) in [6.07, 6.45) is 0. The Bertz CT molecular complexity index is 724. The van der Waals surface area contributed by atoms with Crippen LogP contribution in [0.15, 0.2) is 72.8 Å². The molecule has 0 saturated heterocycles. The molecule has 3 aromatic carbocycles. The van der Waals surface area contributed by atoms with E-state index in [1.165, 1.54) is 0 Å². The number of ether oxygens (including phenoxy) is 3. The summed E-state index contributed by atoms with van der Waals surface area (Å²) in [4.78, 5) is 0. The molecule has 0 aliphatic rings. The van der Waals surface area contributed by atoms with E-state index in [0.717, 1.165) is 34.3 Å². The molecule has 0 aliphatic carbocycles. The van der Waals surface area contributed by atoms with Crippen LogP contribution in [-0.4, -0.2) is 28.4 Å². The molecule has 0 fully saturated rings. The van der Waals surface area contributed by atoms with E-state index in [1.54, 1.807) is 21.3 Å². The van der Waals surface area contributed by atoms with Crippen LogP contribution in [0, 0.1) is 0 Å². The van der Waals surface area contributed by atoms with Crippen LogP contribution < -0.4 is 18.7 Å². The van der Waals surface area contributed by atoms with Gasteiger partial charge in [0.15, 0.2) is 0 Å². The summed E-state index contributed by atoms with van der Waals surface area (Å²) >= 11 is 0. The van der Waals surface area contributed by atoms with Gasteiger partial charge in [-0.25, -0.2) is 4.48 Å². The molecule has 0 bridgehead atoms.